The average Bonchev–Trinajstić information content (AvgIpc) is 2.48. The van der Waals surface area contributed by atoms with E-state index in [1.807, 2.05) is 12.1 Å². The Labute approximate surface area is 125 Å². The molecule has 0 heterocycles. The fourth-order valence-electron chi connectivity index (χ4n) is 2.40. The standard InChI is InChI=1S/C16H17ClO2Si/c1-20(13-12-19-16(17)18,14-8-4-2-5-9-14)15-10-6-3-7-11-15/h2-11H,12-13H2,1H3. The molecule has 0 saturated carbocycles. The molecular weight excluding hydrogens is 288 g/mol. The van der Waals surface area contributed by atoms with E-state index in [0.29, 0.717) is 6.61 Å². The predicted molar refractivity (Wildman–Crippen MR) is 85.8 cm³/mol. The van der Waals surface area contributed by atoms with Crippen LogP contribution in [-0.4, -0.2) is 20.1 Å². The van der Waals surface area contributed by atoms with E-state index in [9.17, 15) is 4.79 Å². The lowest BCUT2D eigenvalue weighted by molar-refractivity contribution is 0.179. The summed E-state index contributed by atoms with van der Waals surface area (Å²) in [7, 11) is -1.90. The molecule has 104 valence electrons. The van der Waals surface area contributed by atoms with Crippen molar-refractivity contribution in [3.63, 3.8) is 0 Å². The van der Waals surface area contributed by atoms with Crippen molar-refractivity contribution in [1.29, 1.82) is 0 Å². The van der Waals surface area contributed by atoms with Crippen LogP contribution in [0.5, 0.6) is 0 Å². The highest BCUT2D eigenvalue weighted by Gasteiger charge is 2.31. The number of hydrogen-bond donors (Lipinski definition) is 0. The number of benzene rings is 2. The van der Waals surface area contributed by atoms with Crippen molar-refractivity contribution in [2.45, 2.75) is 12.6 Å². The maximum absolute atomic E-state index is 10.8. The molecule has 0 saturated heterocycles. The molecule has 2 aromatic rings. The lowest BCUT2D eigenvalue weighted by atomic mass is 10.4. The number of carbonyl (C=O) groups excluding carboxylic acids is 1. The monoisotopic (exact) mass is 304 g/mol. The summed E-state index contributed by atoms with van der Waals surface area (Å²) in [5, 5.41) is 2.66. The predicted octanol–water partition coefficient (Wildman–Crippen LogP) is 3.25. The normalized spacial score (nSPS) is 11.1. The summed E-state index contributed by atoms with van der Waals surface area (Å²) in [4.78, 5) is 10.8. The molecule has 0 aliphatic rings. The van der Waals surface area contributed by atoms with Crippen LogP contribution in [0.3, 0.4) is 0 Å². The van der Waals surface area contributed by atoms with Gasteiger partial charge in [0.05, 0.1) is 6.61 Å². The fourth-order valence-corrected chi connectivity index (χ4v) is 5.76. The van der Waals surface area contributed by atoms with Crippen molar-refractivity contribution >= 4 is 35.5 Å². The van der Waals surface area contributed by atoms with E-state index < -0.39 is 13.5 Å². The molecule has 0 bridgehead atoms. The van der Waals surface area contributed by atoms with Crippen LogP contribution in [0.1, 0.15) is 0 Å². The minimum absolute atomic E-state index is 0.356. The highest BCUT2D eigenvalue weighted by atomic mass is 35.5. The zero-order chi connectivity index (χ0) is 14.4. The molecule has 4 heteroatoms. The Hall–Kier alpha value is -1.58. The molecule has 0 N–H and O–H groups in total. The van der Waals surface area contributed by atoms with Gasteiger partial charge < -0.3 is 4.74 Å². The molecule has 2 rings (SSSR count). The first-order chi connectivity index (χ1) is 9.63. The van der Waals surface area contributed by atoms with Gasteiger partial charge in [-0.05, 0) is 6.04 Å². The Morgan fingerprint density at radius 3 is 1.85 bits per heavy atom. The van der Waals surface area contributed by atoms with Gasteiger partial charge >= 0.3 is 5.43 Å². The first-order valence-electron chi connectivity index (χ1n) is 6.56. The van der Waals surface area contributed by atoms with Crippen LogP contribution in [0.15, 0.2) is 60.7 Å². The Bertz CT molecular complexity index is 518. The van der Waals surface area contributed by atoms with Crippen molar-refractivity contribution in [3.8, 4) is 0 Å². The molecule has 0 spiro atoms. The summed E-state index contributed by atoms with van der Waals surface area (Å²) in [6, 6.07) is 21.7. The molecule has 0 fully saturated rings. The minimum Gasteiger partial charge on any atom is -0.454 e. The van der Waals surface area contributed by atoms with Crippen molar-refractivity contribution in [3.05, 3.63) is 60.7 Å². The zero-order valence-electron chi connectivity index (χ0n) is 11.4. The third-order valence-corrected chi connectivity index (χ3v) is 8.17. The molecule has 20 heavy (non-hydrogen) atoms. The molecule has 0 atom stereocenters. The van der Waals surface area contributed by atoms with E-state index >= 15 is 0 Å². The van der Waals surface area contributed by atoms with Crippen molar-refractivity contribution in [2.75, 3.05) is 6.61 Å². The van der Waals surface area contributed by atoms with Crippen LogP contribution in [0, 0.1) is 0 Å². The van der Waals surface area contributed by atoms with Gasteiger partial charge in [-0.15, -0.1) is 0 Å². The Balaban J connectivity index is 2.31. The Morgan fingerprint density at radius 2 is 1.45 bits per heavy atom. The van der Waals surface area contributed by atoms with Gasteiger partial charge in [0.1, 0.15) is 8.07 Å². The van der Waals surface area contributed by atoms with Crippen LogP contribution in [0.4, 0.5) is 4.79 Å². The van der Waals surface area contributed by atoms with Crippen molar-refractivity contribution in [1.82, 2.24) is 0 Å². The number of halogens is 1. The minimum atomic E-state index is -1.90. The number of carbonyl (C=O) groups is 1. The zero-order valence-corrected chi connectivity index (χ0v) is 13.1. The third kappa shape index (κ3) is 3.49. The first-order valence-corrected chi connectivity index (χ1v) is 9.65. The molecule has 0 aliphatic heterocycles. The summed E-state index contributed by atoms with van der Waals surface area (Å²) in [5.74, 6) is 0. The molecule has 2 nitrogen and oxygen atoms in total. The Morgan fingerprint density at radius 1 is 1.00 bits per heavy atom. The van der Waals surface area contributed by atoms with E-state index in [-0.39, 0.29) is 0 Å². The van der Waals surface area contributed by atoms with Gasteiger partial charge in [-0.2, -0.15) is 0 Å². The van der Waals surface area contributed by atoms with Gasteiger partial charge in [-0.25, -0.2) is 4.79 Å². The SMILES string of the molecule is C[Si](CCOC(=O)Cl)(c1ccccc1)c1ccccc1. The summed E-state index contributed by atoms with van der Waals surface area (Å²) >= 11 is 5.25. The van der Waals surface area contributed by atoms with E-state index in [1.165, 1.54) is 10.4 Å². The number of hydrogen-bond acceptors (Lipinski definition) is 2. The molecular formula is C16H17ClO2Si. The molecule has 2 aromatic carbocycles. The number of rotatable bonds is 5. The van der Waals surface area contributed by atoms with E-state index in [0.717, 1.165) is 6.04 Å². The van der Waals surface area contributed by atoms with Gasteiger partial charge in [0.2, 0.25) is 0 Å². The quantitative estimate of drug-likeness (QED) is 0.626. The molecule has 0 aliphatic carbocycles. The average molecular weight is 305 g/mol. The topological polar surface area (TPSA) is 26.3 Å². The smallest absolute Gasteiger partial charge is 0.403 e. The molecule has 0 radical (unpaired) electrons. The molecule has 0 amide bonds. The molecule has 0 unspecified atom stereocenters. The maximum atomic E-state index is 10.8. The van der Waals surface area contributed by atoms with Crippen LogP contribution in [0.2, 0.25) is 12.6 Å². The second-order valence-electron chi connectivity index (χ2n) is 4.90. The van der Waals surface area contributed by atoms with Gasteiger partial charge in [0, 0.05) is 11.6 Å². The highest BCUT2D eigenvalue weighted by Crippen LogP contribution is 2.12. The van der Waals surface area contributed by atoms with E-state index in [4.69, 9.17) is 16.3 Å². The lowest BCUT2D eigenvalue weighted by Gasteiger charge is -2.28. The van der Waals surface area contributed by atoms with Crippen LogP contribution in [-0.2, 0) is 4.74 Å². The van der Waals surface area contributed by atoms with Gasteiger partial charge in [-0.3, -0.25) is 0 Å². The highest BCUT2D eigenvalue weighted by molar-refractivity contribution is 7.01. The van der Waals surface area contributed by atoms with Crippen molar-refractivity contribution < 1.29 is 9.53 Å². The van der Waals surface area contributed by atoms with Crippen LogP contribution in [0.25, 0.3) is 0 Å². The molecule has 0 aromatic heterocycles. The second-order valence-corrected chi connectivity index (χ2v) is 9.53. The summed E-state index contributed by atoms with van der Waals surface area (Å²) in [6.07, 6.45) is 0. The first kappa shape index (κ1) is 14.8. The second kappa shape index (κ2) is 6.73. The van der Waals surface area contributed by atoms with E-state index in [2.05, 4.69) is 55.1 Å². The third-order valence-electron chi connectivity index (χ3n) is 3.64. The van der Waals surface area contributed by atoms with Gasteiger partial charge in [-0.1, -0.05) is 77.6 Å². The van der Waals surface area contributed by atoms with Crippen LogP contribution < -0.4 is 10.4 Å². The summed E-state index contributed by atoms with van der Waals surface area (Å²) < 4.78 is 4.94. The van der Waals surface area contributed by atoms with Crippen LogP contribution >= 0.6 is 11.6 Å². The maximum Gasteiger partial charge on any atom is 0.403 e. The lowest BCUT2D eigenvalue weighted by Crippen LogP contribution is -2.56. The fraction of sp³-hybridized carbons (Fsp3) is 0.188. The summed E-state index contributed by atoms with van der Waals surface area (Å²) in [6.45, 7) is 2.65. The van der Waals surface area contributed by atoms with Gasteiger partial charge in [0.25, 0.3) is 0 Å². The van der Waals surface area contributed by atoms with Gasteiger partial charge in [0.15, 0.2) is 0 Å². The summed E-state index contributed by atoms with van der Waals surface area (Å²) in [5.41, 5.74) is -0.734. The largest absolute Gasteiger partial charge is 0.454 e. The van der Waals surface area contributed by atoms with Crippen molar-refractivity contribution in [2.24, 2.45) is 0 Å². The van der Waals surface area contributed by atoms with E-state index in [1.54, 1.807) is 0 Å². The Kier molecular flexibility index (Phi) is 4.98. The number of ether oxygens (including phenoxy) is 1.